The molecule has 1 aliphatic heterocycles. The monoisotopic (exact) mass is 244 g/mol. The highest BCUT2D eigenvalue weighted by atomic mass is 35.5. The normalized spacial score (nSPS) is 17.9. The quantitative estimate of drug-likeness (QED) is 0.859. The minimum Gasteiger partial charge on any atom is -0.336 e. The molecule has 0 saturated carbocycles. The first-order chi connectivity index (χ1) is 7.25. The molecule has 2 heterocycles. The maximum absolute atomic E-state index is 11.7. The molecule has 1 saturated heterocycles. The van der Waals surface area contributed by atoms with Crippen LogP contribution in [0.1, 0.15) is 11.3 Å². The number of amides is 1. The lowest BCUT2D eigenvalue weighted by Gasteiger charge is -2.18. The summed E-state index contributed by atoms with van der Waals surface area (Å²) in [6.07, 6.45) is 1.02. The van der Waals surface area contributed by atoms with Crippen molar-refractivity contribution < 1.29 is 4.79 Å². The Hall–Kier alpha value is -0.580. The molecule has 2 rings (SSSR count). The summed E-state index contributed by atoms with van der Waals surface area (Å²) in [4.78, 5) is 14.7. The number of hydrogen-bond donors (Lipinski definition) is 1. The molecular formula is C10H13ClN2OS. The van der Waals surface area contributed by atoms with Gasteiger partial charge in [-0.05, 0) is 25.1 Å². The van der Waals surface area contributed by atoms with Crippen LogP contribution in [0.2, 0.25) is 4.34 Å². The van der Waals surface area contributed by atoms with Crippen LogP contribution in [0.4, 0.5) is 0 Å². The van der Waals surface area contributed by atoms with Crippen molar-refractivity contribution in [1.29, 1.82) is 0 Å². The van der Waals surface area contributed by atoms with E-state index in [9.17, 15) is 4.79 Å². The van der Waals surface area contributed by atoms with E-state index in [2.05, 4.69) is 5.32 Å². The zero-order valence-corrected chi connectivity index (χ0v) is 9.90. The summed E-state index contributed by atoms with van der Waals surface area (Å²) in [7, 11) is 0. The van der Waals surface area contributed by atoms with Gasteiger partial charge >= 0.3 is 0 Å². The van der Waals surface area contributed by atoms with Crippen molar-refractivity contribution in [3.63, 3.8) is 0 Å². The molecule has 82 valence electrons. The summed E-state index contributed by atoms with van der Waals surface area (Å²) in [5, 5.41) is 3.10. The fraction of sp³-hybridized carbons (Fsp3) is 0.500. The van der Waals surface area contributed by atoms with Crippen LogP contribution in [0, 0.1) is 0 Å². The molecular weight excluding hydrogens is 232 g/mol. The number of halogens is 1. The molecule has 1 aromatic rings. The van der Waals surface area contributed by atoms with Gasteiger partial charge in [0.15, 0.2) is 0 Å². The molecule has 0 radical (unpaired) electrons. The van der Waals surface area contributed by atoms with Crippen molar-refractivity contribution in [2.45, 2.75) is 13.0 Å². The second kappa shape index (κ2) is 4.96. The Bertz CT molecular complexity index is 353. The minimum absolute atomic E-state index is 0.178. The van der Waals surface area contributed by atoms with Crippen LogP contribution in [0.25, 0.3) is 0 Å². The van der Waals surface area contributed by atoms with E-state index >= 15 is 0 Å². The fourth-order valence-corrected chi connectivity index (χ4v) is 2.72. The lowest BCUT2D eigenvalue weighted by Crippen LogP contribution is -2.34. The average Bonchev–Trinajstić information content (AvgIpc) is 2.50. The van der Waals surface area contributed by atoms with Gasteiger partial charge in [0.05, 0.1) is 17.4 Å². The van der Waals surface area contributed by atoms with Crippen molar-refractivity contribution in [3.8, 4) is 0 Å². The predicted octanol–water partition coefficient (Wildman–Crippen LogP) is 1.72. The van der Waals surface area contributed by atoms with E-state index in [-0.39, 0.29) is 5.91 Å². The van der Waals surface area contributed by atoms with E-state index < -0.39 is 0 Å². The number of nitrogens with one attached hydrogen (secondary N) is 1. The van der Waals surface area contributed by atoms with E-state index in [1.807, 2.05) is 17.0 Å². The maximum Gasteiger partial charge on any atom is 0.236 e. The summed E-state index contributed by atoms with van der Waals surface area (Å²) < 4.78 is 0.783. The first kappa shape index (κ1) is 10.9. The Labute approximate surface area is 98.0 Å². The zero-order chi connectivity index (χ0) is 10.7. The van der Waals surface area contributed by atoms with E-state index in [0.29, 0.717) is 13.1 Å². The van der Waals surface area contributed by atoms with E-state index in [4.69, 9.17) is 11.6 Å². The van der Waals surface area contributed by atoms with Gasteiger partial charge in [0.25, 0.3) is 0 Å². The van der Waals surface area contributed by atoms with Crippen LogP contribution in [0.15, 0.2) is 12.1 Å². The average molecular weight is 245 g/mol. The molecule has 0 aliphatic carbocycles. The van der Waals surface area contributed by atoms with E-state index in [1.54, 1.807) is 11.3 Å². The summed E-state index contributed by atoms with van der Waals surface area (Å²) >= 11 is 7.39. The van der Waals surface area contributed by atoms with Gasteiger partial charge in [0, 0.05) is 11.4 Å². The van der Waals surface area contributed by atoms with Crippen LogP contribution in [0.3, 0.4) is 0 Å². The molecule has 15 heavy (non-hydrogen) atoms. The molecule has 0 atom stereocenters. The SMILES string of the molecule is O=C1CNCCCN1Cc1ccc(Cl)s1. The fourth-order valence-electron chi connectivity index (χ4n) is 1.62. The number of hydrogen-bond acceptors (Lipinski definition) is 3. The summed E-state index contributed by atoms with van der Waals surface area (Å²) in [6.45, 7) is 2.91. The van der Waals surface area contributed by atoms with Crippen LogP contribution < -0.4 is 5.32 Å². The molecule has 1 aromatic heterocycles. The molecule has 1 fully saturated rings. The highest BCUT2D eigenvalue weighted by Gasteiger charge is 2.16. The van der Waals surface area contributed by atoms with Gasteiger partial charge in [-0.15, -0.1) is 11.3 Å². The first-order valence-electron chi connectivity index (χ1n) is 4.98. The van der Waals surface area contributed by atoms with Gasteiger partial charge in [-0.1, -0.05) is 11.6 Å². The Morgan fingerprint density at radius 1 is 1.53 bits per heavy atom. The topological polar surface area (TPSA) is 32.3 Å². The number of carbonyl (C=O) groups is 1. The van der Waals surface area contributed by atoms with Crippen molar-refractivity contribution in [3.05, 3.63) is 21.3 Å². The second-order valence-corrected chi connectivity index (χ2v) is 5.35. The van der Waals surface area contributed by atoms with Crippen LogP contribution >= 0.6 is 22.9 Å². The number of carbonyl (C=O) groups excluding carboxylic acids is 1. The lowest BCUT2D eigenvalue weighted by molar-refractivity contribution is -0.130. The van der Waals surface area contributed by atoms with Gasteiger partial charge < -0.3 is 10.2 Å². The van der Waals surface area contributed by atoms with E-state index in [0.717, 1.165) is 28.7 Å². The molecule has 0 bridgehead atoms. The van der Waals surface area contributed by atoms with Gasteiger partial charge in [-0.2, -0.15) is 0 Å². The standard InChI is InChI=1S/C10H13ClN2OS/c11-9-3-2-8(15-9)7-13-5-1-4-12-6-10(13)14/h2-3,12H,1,4-7H2. The lowest BCUT2D eigenvalue weighted by atomic mass is 10.3. The highest BCUT2D eigenvalue weighted by Crippen LogP contribution is 2.22. The molecule has 5 heteroatoms. The number of thiophene rings is 1. The minimum atomic E-state index is 0.178. The molecule has 1 amide bonds. The Morgan fingerprint density at radius 3 is 3.13 bits per heavy atom. The molecule has 0 spiro atoms. The Balaban J connectivity index is 2.00. The third kappa shape index (κ3) is 2.93. The third-order valence-electron chi connectivity index (χ3n) is 2.39. The van der Waals surface area contributed by atoms with Crippen molar-refractivity contribution in [2.75, 3.05) is 19.6 Å². The number of nitrogens with zero attached hydrogens (tertiary/aromatic N) is 1. The van der Waals surface area contributed by atoms with Crippen molar-refractivity contribution in [1.82, 2.24) is 10.2 Å². The Kier molecular flexibility index (Phi) is 3.61. The molecule has 0 aromatic carbocycles. The smallest absolute Gasteiger partial charge is 0.236 e. The highest BCUT2D eigenvalue weighted by molar-refractivity contribution is 7.16. The largest absolute Gasteiger partial charge is 0.336 e. The second-order valence-electron chi connectivity index (χ2n) is 3.55. The summed E-state index contributed by atoms with van der Waals surface area (Å²) in [6, 6.07) is 3.86. The van der Waals surface area contributed by atoms with E-state index in [1.165, 1.54) is 0 Å². The summed E-state index contributed by atoms with van der Waals surface area (Å²) in [5.41, 5.74) is 0. The van der Waals surface area contributed by atoms with Gasteiger partial charge in [0.2, 0.25) is 5.91 Å². The molecule has 1 aliphatic rings. The third-order valence-corrected chi connectivity index (χ3v) is 3.60. The molecule has 1 N–H and O–H groups in total. The van der Waals surface area contributed by atoms with Crippen LogP contribution in [-0.2, 0) is 11.3 Å². The summed E-state index contributed by atoms with van der Waals surface area (Å²) in [5.74, 6) is 0.178. The zero-order valence-electron chi connectivity index (χ0n) is 8.33. The maximum atomic E-state index is 11.7. The molecule has 0 unspecified atom stereocenters. The first-order valence-corrected chi connectivity index (χ1v) is 6.18. The van der Waals surface area contributed by atoms with Gasteiger partial charge in [-0.25, -0.2) is 0 Å². The molecule has 3 nitrogen and oxygen atoms in total. The predicted molar refractivity (Wildman–Crippen MR) is 62.2 cm³/mol. The van der Waals surface area contributed by atoms with Crippen LogP contribution in [-0.4, -0.2) is 30.4 Å². The number of rotatable bonds is 2. The van der Waals surface area contributed by atoms with Crippen molar-refractivity contribution >= 4 is 28.8 Å². The Morgan fingerprint density at radius 2 is 2.40 bits per heavy atom. The van der Waals surface area contributed by atoms with Crippen molar-refractivity contribution in [2.24, 2.45) is 0 Å². The van der Waals surface area contributed by atoms with Crippen LogP contribution in [0.5, 0.6) is 0 Å². The van der Waals surface area contributed by atoms with Gasteiger partial charge in [0.1, 0.15) is 0 Å². The van der Waals surface area contributed by atoms with Gasteiger partial charge in [-0.3, -0.25) is 4.79 Å².